The van der Waals surface area contributed by atoms with Gasteiger partial charge in [0.05, 0.1) is 13.2 Å². The zero-order valence-corrected chi connectivity index (χ0v) is 19.3. The van der Waals surface area contributed by atoms with E-state index in [0.717, 1.165) is 64.2 Å². The predicted molar refractivity (Wildman–Crippen MR) is 124 cm³/mol. The van der Waals surface area contributed by atoms with Gasteiger partial charge in [-0.3, -0.25) is 4.90 Å². The minimum absolute atomic E-state index is 0.0274. The van der Waals surface area contributed by atoms with Crippen molar-refractivity contribution < 1.29 is 13.2 Å². The Balaban J connectivity index is 1.11. The zero-order valence-electron chi connectivity index (χ0n) is 18.4. The number of pyridine rings is 1. The van der Waals surface area contributed by atoms with Crippen LogP contribution in [0, 0.1) is 5.41 Å². The molecule has 1 spiro atoms. The van der Waals surface area contributed by atoms with E-state index in [1.165, 1.54) is 11.8 Å². The van der Waals surface area contributed by atoms with E-state index in [1.54, 1.807) is 12.1 Å². The Kier molecular flexibility index (Phi) is 6.20. The van der Waals surface area contributed by atoms with Crippen molar-refractivity contribution in [1.82, 2.24) is 14.6 Å². The first-order valence-corrected chi connectivity index (χ1v) is 13.1. The summed E-state index contributed by atoms with van der Waals surface area (Å²) in [4.78, 5) is 9.27. The Labute approximate surface area is 190 Å². The lowest BCUT2D eigenvalue weighted by molar-refractivity contribution is 0.0106. The molecule has 1 saturated carbocycles. The van der Waals surface area contributed by atoms with E-state index in [4.69, 9.17) is 4.74 Å². The van der Waals surface area contributed by atoms with Gasteiger partial charge in [-0.1, -0.05) is 30.3 Å². The molecule has 32 heavy (non-hydrogen) atoms. The summed E-state index contributed by atoms with van der Waals surface area (Å²) in [5, 5.41) is 0. The van der Waals surface area contributed by atoms with Gasteiger partial charge < -0.3 is 9.64 Å². The topological polar surface area (TPSA) is 74.8 Å². The molecule has 3 fully saturated rings. The number of sulfonamides is 1. The van der Waals surface area contributed by atoms with E-state index in [0.29, 0.717) is 18.6 Å². The number of morpholine rings is 1. The number of aromatic nitrogens is 1. The van der Waals surface area contributed by atoms with Crippen LogP contribution >= 0.6 is 0 Å². The van der Waals surface area contributed by atoms with Gasteiger partial charge >= 0.3 is 0 Å². The molecular weight excluding hydrogens is 424 g/mol. The maximum Gasteiger partial charge on any atom is 0.242 e. The molecule has 2 saturated heterocycles. The van der Waals surface area contributed by atoms with Gasteiger partial charge in [0.1, 0.15) is 10.7 Å². The van der Waals surface area contributed by atoms with Crippen LogP contribution in [0.25, 0.3) is 0 Å². The molecule has 2 aromatic rings. The van der Waals surface area contributed by atoms with E-state index in [2.05, 4.69) is 49.8 Å². The Bertz CT molecular complexity index is 991. The SMILES string of the molecule is O=S(=O)(NC1CC2(CCN(Cc3ccccc3)CC2)C1)c1ccc(N2CCOCC2)nc1. The lowest BCUT2D eigenvalue weighted by Crippen LogP contribution is -2.54. The Morgan fingerprint density at radius 2 is 1.72 bits per heavy atom. The van der Waals surface area contributed by atoms with Crippen LogP contribution in [0.1, 0.15) is 31.2 Å². The van der Waals surface area contributed by atoms with E-state index >= 15 is 0 Å². The van der Waals surface area contributed by atoms with Crippen LogP contribution in [0.2, 0.25) is 0 Å². The standard InChI is InChI=1S/C24H32N4O3S/c29-32(30,22-6-7-23(25-18-22)28-12-14-31-15-13-28)26-21-16-24(17-21)8-10-27(11-9-24)19-20-4-2-1-3-5-20/h1-7,18,21,26H,8-17,19H2. The molecule has 0 bridgehead atoms. The molecule has 0 unspecified atom stereocenters. The van der Waals surface area contributed by atoms with Gasteiger partial charge in [0.2, 0.25) is 10.0 Å². The second-order valence-corrected chi connectivity index (χ2v) is 11.2. The summed E-state index contributed by atoms with van der Waals surface area (Å²) in [5.41, 5.74) is 1.66. The van der Waals surface area contributed by atoms with Gasteiger partial charge in [0.15, 0.2) is 0 Å². The van der Waals surface area contributed by atoms with E-state index in [1.807, 2.05) is 0 Å². The number of benzene rings is 1. The Morgan fingerprint density at radius 3 is 2.38 bits per heavy atom. The molecule has 172 valence electrons. The first kappa shape index (κ1) is 21.8. The van der Waals surface area contributed by atoms with Crippen LogP contribution in [0.3, 0.4) is 0 Å². The maximum absolute atomic E-state index is 12.9. The summed E-state index contributed by atoms with van der Waals surface area (Å²) >= 11 is 0. The van der Waals surface area contributed by atoms with Crippen molar-refractivity contribution >= 4 is 15.8 Å². The molecule has 7 nitrogen and oxygen atoms in total. The summed E-state index contributed by atoms with van der Waals surface area (Å²) in [6.07, 6.45) is 5.64. The average Bonchev–Trinajstić information content (AvgIpc) is 2.81. The van der Waals surface area contributed by atoms with Crippen LogP contribution in [-0.2, 0) is 21.3 Å². The van der Waals surface area contributed by atoms with Gasteiger partial charge in [-0.15, -0.1) is 0 Å². The molecule has 0 radical (unpaired) electrons. The highest BCUT2D eigenvalue weighted by molar-refractivity contribution is 7.89. The third-order valence-electron chi connectivity index (χ3n) is 7.21. The van der Waals surface area contributed by atoms with Crippen molar-refractivity contribution in [3.05, 3.63) is 54.2 Å². The third-order valence-corrected chi connectivity index (χ3v) is 8.72. The molecule has 0 atom stereocenters. The molecule has 1 aromatic carbocycles. The fourth-order valence-corrected chi connectivity index (χ4v) is 6.48. The number of nitrogens with zero attached hydrogens (tertiary/aromatic N) is 3. The van der Waals surface area contributed by atoms with Crippen LogP contribution in [0.4, 0.5) is 5.82 Å². The first-order chi connectivity index (χ1) is 15.5. The van der Waals surface area contributed by atoms with E-state index in [9.17, 15) is 8.42 Å². The van der Waals surface area contributed by atoms with Gasteiger partial charge in [0, 0.05) is 31.9 Å². The lowest BCUT2D eigenvalue weighted by atomic mass is 9.60. The summed E-state index contributed by atoms with van der Waals surface area (Å²) in [6.45, 7) is 6.09. The fourth-order valence-electron chi connectivity index (χ4n) is 5.30. The lowest BCUT2D eigenvalue weighted by Gasteiger charge is -2.52. The molecule has 2 aliphatic heterocycles. The number of rotatable bonds is 6. The first-order valence-electron chi connectivity index (χ1n) is 11.6. The van der Waals surface area contributed by atoms with Crippen LogP contribution in [0.15, 0.2) is 53.6 Å². The molecule has 3 heterocycles. The Morgan fingerprint density at radius 1 is 1.00 bits per heavy atom. The fraction of sp³-hybridized carbons (Fsp3) is 0.542. The second-order valence-electron chi connectivity index (χ2n) is 9.44. The molecule has 1 aromatic heterocycles. The number of hydrogen-bond acceptors (Lipinski definition) is 6. The minimum atomic E-state index is -3.54. The molecule has 1 N–H and O–H groups in total. The number of hydrogen-bond donors (Lipinski definition) is 1. The monoisotopic (exact) mass is 456 g/mol. The maximum atomic E-state index is 12.9. The number of nitrogens with one attached hydrogen (secondary N) is 1. The molecule has 3 aliphatic rings. The highest BCUT2D eigenvalue weighted by atomic mass is 32.2. The van der Waals surface area contributed by atoms with Gasteiger partial charge in [0.25, 0.3) is 0 Å². The predicted octanol–water partition coefficient (Wildman–Crippen LogP) is 2.64. The van der Waals surface area contributed by atoms with Crippen molar-refractivity contribution in [3.8, 4) is 0 Å². The number of piperidine rings is 1. The Hall–Kier alpha value is -2.00. The van der Waals surface area contributed by atoms with Gasteiger partial charge in [-0.25, -0.2) is 18.1 Å². The molecule has 8 heteroatoms. The normalized spacial score (nSPS) is 22.1. The number of ether oxygens (including phenoxy) is 1. The molecule has 0 amide bonds. The number of likely N-dealkylation sites (tertiary alicyclic amines) is 1. The third kappa shape index (κ3) is 4.83. The van der Waals surface area contributed by atoms with Crippen molar-refractivity contribution in [1.29, 1.82) is 0 Å². The summed E-state index contributed by atoms with van der Waals surface area (Å²) in [7, 11) is -3.54. The largest absolute Gasteiger partial charge is 0.378 e. The van der Waals surface area contributed by atoms with Crippen LogP contribution < -0.4 is 9.62 Å². The van der Waals surface area contributed by atoms with Crippen molar-refractivity contribution in [3.63, 3.8) is 0 Å². The average molecular weight is 457 g/mol. The van der Waals surface area contributed by atoms with Crippen molar-refractivity contribution in [2.45, 2.75) is 43.2 Å². The van der Waals surface area contributed by atoms with E-state index in [-0.39, 0.29) is 10.9 Å². The van der Waals surface area contributed by atoms with Crippen molar-refractivity contribution in [2.75, 3.05) is 44.3 Å². The second kappa shape index (κ2) is 9.09. The van der Waals surface area contributed by atoms with Gasteiger partial charge in [-0.2, -0.15) is 0 Å². The highest BCUT2D eigenvalue weighted by Crippen LogP contribution is 2.49. The van der Waals surface area contributed by atoms with Crippen molar-refractivity contribution in [2.24, 2.45) is 5.41 Å². The number of anilines is 1. The molecule has 5 rings (SSSR count). The molecule has 1 aliphatic carbocycles. The van der Waals surface area contributed by atoms with Crippen LogP contribution in [0.5, 0.6) is 0 Å². The smallest absolute Gasteiger partial charge is 0.242 e. The quantitative estimate of drug-likeness (QED) is 0.720. The highest BCUT2D eigenvalue weighted by Gasteiger charge is 2.46. The van der Waals surface area contributed by atoms with Crippen LogP contribution in [-0.4, -0.2) is 63.7 Å². The molecular formula is C24H32N4O3S. The van der Waals surface area contributed by atoms with Gasteiger partial charge in [-0.05, 0) is 61.9 Å². The minimum Gasteiger partial charge on any atom is -0.378 e. The van der Waals surface area contributed by atoms with E-state index < -0.39 is 10.0 Å². The zero-order chi connectivity index (χ0) is 22.0. The summed E-state index contributed by atoms with van der Waals surface area (Å²) in [6, 6.07) is 14.1. The summed E-state index contributed by atoms with van der Waals surface area (Å²) in [5.74, 6) is 0.803. The summed E-state index contributed by atoms with van der Waals surface area (Å²) < 4.78 is 34.0.